The number of carboxylic acids is 1. The van der Waals surface area contributed by atoms with Crippen molar-refractivity contribution in [3.8, 4) is 0 Å². The van der Waals surface area contributed by atoms with Gasteiger partial charge in [-0.25, -0.2) is 8.78 Å². The smallest absolute Gasteiger partial charge is 0.323 e. The van der Waals surface area contributed by atoms with Gasteiger partial charge in [-0.05, 0) is 24.3 Å². The van der Waals surface area contributed by atoms with Crippen molar-refractivity contribution >= 4 is 45.0 Å². The zero-order chi connectivity index (χ0) is 18.1. The Hall–Kier alpha value is -2.58. The normalized spacial score (nSPS) is 11.9. The molecular weight excluding hydrogens is 374 g/mol. The number of benzene rings is 2. The molecule has 0 unspecified atom stereocenters. The summed E-state index contributed by atoms with van der Waals surface area (Å²) in [5.74, 6) is -4.03. The molecule has 0 bridgehead atoms. The summed E-state index contributed by atoms with van der Waals surface area (Å²) in [4.78, 5) is 27.3. The number of aliphatic carboxylic acids is 1. The van der Waals surface area contributed by atoms with Gasteiger partial charge in [-0.15, -0.1) is 0 Å². The quantitative estimate of drug-likeness (QED) is 0.754. The number of fused-ring (bicyclic) bond motifs is 1. The molecule has 2 aromatic carbocycles. The van der Waals surface area contributed by atoms with E-state index in [1.807, 2.05) is 0 Å². The van der Waals surface area contributed by atoms with Gasteiger partial charge in [0.2, 0.25) is 0 Å². The van der Waals surface area contributed by atoms with Crippen molar-refractivity contribution in [2.24, 2.45) is 4.99 Å². The molecule has 0 fully saturated rings. The molecule has 0 atom stereocenters. The van der Waals surface area contributed by atoms with Gasteiger partial charge in [0.05, 0.1) is 10.2 Å². The molecule has 0 aliphatic carbocycles. The summed E-state index contributed by atoms with van der Waals surface area (Å²) in [5, 5.41) is 9.40. The van der Waals surface area contributed by atoms with Crippen molar-refractivity contribution in [1.82, 2.24) is 4.57 Å². The van der Waals surface area contributed by atoms with E-state index in [4.69, 9.17) is 16.7 Å². The lowest BCUT2D eigenvalue weighted by molar-refractivity contribution is -0.137. The molecule has 1 heterocycles. The number of halogens is 3. The Balaban J connectivity index is 2.20. The molecule has 3 aromatic rings. The van der Waals surface area contributed by atoms with E-state index in [-0.39, 0.29) is 20.6 Å². The maximum atomic E-state index is 13.5. The predicted octanol–water partition coefficient (Wildman–Crippen LogP) is 3.46. The van der Waals surface area contributed by atoms with Crippen LogP contribution in [0.2, 0.25) is 5.02 Å². The number of aromatic nitrogens is 1. The van der Waals surface area contributed by atoms with Crippen LogP contribution in [0.15, 0.2) is 41.4 Å². The number of hydrogen-bond acceptors (Lipinski definition) is 3. The first-order chi connectivity index (χ1) is 11.8. The van der Waals surface area contributed by atoms with E-state index < -0.39 is 30.1 Å². The van der Waals surface area contributed by atoms with E-state index in [2.05, 4.69) is 4.99 Å². The zero-order valence-electron chi connectivity index (χ0n) is 12.4. The van der Waals surface area contributed by atoms with Crippen LogP contribution in [0.1, 0.15) is 10.4 Å². The number of hydrogen-bond donors (Lipinski definition) is 1. The molecule has 0 spiro atoms. The molecule has 1 N–H and O–H groups in total. The maximum Gasteiger partial charge on any atom is 0.323 e. The lowest BCUT2D eigenvalue weighted by Gasteiger charge is -2.02. The standard InChI is InChI=1S/C16H9ClF2N2O3S/c17-9-3-1-2-8(4-9)15(24)20-16-21(7-14(22)23)12-5-10(18)11(19)6-13(12)25-16/h1-6H,7H2,(H,22,23)/b20-16-. The first-order valence-corrected chi connectivity index (χ1v) is 8.09. The molecule has 3 rings (SSSR count). The Morgan fingerprint density at radius 3 is 2.60 bits per heavy atom. The molecule has 0 saturated heterocycles. The minimum absolute atomic E-state index is 0.0207. The van der Waals surface area contributed by atoms with Crippen LogP contribution in [-0.4, -0.2) is 21.6 Å². The topological polar surface area (TPSA) is 71.7 Å². The lowest BCUT2D eigenvalue weighted by atomic mass is 10.2. The van der Waals surface area contributed by atoms with Crippen molar-refractivity contribution < 1.29 is 23.5 Å². The van der Waals surface area contributed by atoms with Gasteiger partial charge in [-0.2, -0.15) is 4.99 Å². The van der Waals surface area contributed by atoms with Gasteiger partial charge in [0.1, 0.15) is 6.54 Å². The summed E-state index contributed by atoms with van der Waals surface area (Å²) >= 11 is 6.72. The Kier molecular flexibility index (Phi) is 4.65. The molecule has 5 nitrogen and oxygen atoms in total. The second kappa shape index (κ2) is 6.73. The second-order valence-electron chi connectivity index (χ2n) is 5.03. The van der Waals surface area contributed by atoms with E-state index in [1.54, 1.807) is 12.1 Å². The Morgan fingerprint density at radius 1 is 1.20 bits per heavy atom. The van der Waals surface area contributed by atoms with Crippen LogP contribution in [0.4, 0.5) is 8.78 Å². The fraction of sp³-hybridized carbons (Fsp3) is 0.0625. The van der Waals surface area contributed by atoms with Gasteiger partial charge < -0.3 is 9.67 Å². The van der Waals surface area contributed by atoms with Crippen molar-refractivity contribution in [1.29, 1.82) is 0 Å². The molecule has 128 valence electrons. The van der Waals surface area contributed by atoms with Gasteiger partial charge in [0, 0.05) is 16.7 Å². The highest BCUT2D eigenvalue weighted by atomic mass is 35.5. The highest BCUT2D eigenvalue weighted by molar-refractivity contribution is 7.16. The largest absolute Gasteiger partial charge is 0.480 e. The third kappa shape index (κ3) is 3.59. The van der Waals surface area contributed by atoms with Crippen LogP contribution in [0.5, 0.6) is 0 Å². The lowest BCUT2D eigenvalue weighted by Crippen LogP contribution is -2.21. The van der Waals surface area contributed by atoms with E-state index in [9.17, 15) is 18.4 Å². The number of amides is 1. The number of thiazole rings is 1. The van der Waals surface area contributed by atoms with Crippen LogP contribution >= 0.6 is 22.9 Å². The molecule has 0 saturated carbocycles. The predicted molar refractivity (Wildman–Crippen MR) is 88.7 cm³/mol. The Labute approximate surface area is 148 Å². The average molecular weight is 383 g/mol. The molecule has 0 aliphatic rings. The van der Waals surface area contributed by atoms with Crippen molar-refractivity contribution in [2.45, 2.75) is 6.54 Å². The summed E-state index contributed by atoms with van der Waals surface area (Å²) < 4.78 is 28.3. The minimum atomic E-state index is -1.21. The third-order valence-corrected chi connectivity index (χ3v) is 4.56. The molecule has 0 radical (unpaired) electrons. The molecule has 1 aromatic heterocycles. The molecule has 9 heteroatoms. The van der Waals surface area contributed by atoms with Gasteiger partial charge in [0.15, 0.2) is 16.4 Å². The van der Waals surface area contributed by atoms with Crippen molar-refractivity contribution in [3.63, 3.8) is 0 Å². The molecule has 0 aliphatic heterocycles. The van der Waals surface area contributed by atoms with E-state index >= 15 is 0 Å². The number of nitrogens with zero attached hydrogens (tertiary/aromatic N) is 2. The van der Waals surface area contributed by atoms with E-state index in [0.29, 0.717) is 5.02 Å². The van der Waals surface area contributed by atoms with Gasteiger partial charge in [-0.1, -0.05) is 29.0 Å². The van der Waals surface area contributed by atoms with Gasteiger partial charge in [0.25, 0.3) is 5.91 Å². The van der Waals surface area contributed by atoms with Crippen LogP contribution in [0, 0.1) is 11.6 Å². The Bertz CT molecular complexity index is 1070. The first kappa shape index (κ1) is 17.2. The number of rotatable bonds is 3. The Morgan fingerprint density at radius 2 is 1.92 bits per heavy atom. The fourth-order valence-electron chi connectivity index (χ4n) is 2.21. The summed E-state index contributed by atoms with van der Waals surface area (Å²) in [6, 6.07) is 7.91. The molecular formula is C16H9ClF2N2O3S. The molecule has 1 amide bonds. The SMILES string of the molecule is O=C(O)Cn1/c(=N/C(=O)c2cccc(Cl)c2)sc2cc(F)c(F)cc21. The highest BCUT2D eigenvalue weighted by Crippen LogP contribution is 2.21. The van der Waals surface area contributed by atoms with Crippen molar-refractivity contribution in [3.05, 3.63) is 63.4 Å². The summed E-state index contributed by atoms with van der Waals surface area (Å²) in [7, 11) is 0. The monoisotopic (exact) mass is 382 g/mol. The number of carboxylic acid groups (broad SMARTS) is 1. The first-order valence-electron chi connectivity index (χ1n) is 6.90. The van der Waals surface area contributed by atoms with Gasteiger partial charge >= 0.3 is 5.97 Å². The van der Waals surface area contributed by atoms with E-state index in [0.717, 1.165) is 28.0 Å². The van der Waals surface area contributed by atoms with Crippen LogP contribution in [0.25, 0.3) is 10.2 Å². The zero-order valence-corrected chi connectivity index (χ0v) is 13.9. The number of carbonyl (C=O) groups excluding carboxylic acids is 1. The van der Waals surface area contributed by atoms with Crippen LogP contribution < -0.4 is 4.80 Å². The summed E-state index contributed by atoms with van der Waals surface area (Å²) in [6.07, 6.45) is 0. The van der Waals surface area contributed by atoms with Crippen LogP contribution in [-0.2, 0) is 11.3 Å². The minimum Gasteiger partial charge on any atom is -0.480 e. The summed E-state index contributed by atoms with van der Waals surface area (Å²) in [5.41, 5.74) is 0.355. The third-order valence-electron chi connectivity index (χ3n) is 3.29. The summed E-state index contributed by atoms with van der Waals surface area (Å²) in [6.45, 7) is -0.549. The van der Waals surface area contributed by atoms with Crippen LogP contribution in [0.3, 0.4) is 0 Å². The van der Waals surface area contributed by atoms with E-state index in [1.165, 1.54) is 12.1 Å². The number of carbonyl (C=O) groups is 2. The maximum absolute atomic E-state index is 13.5. The fourth-order valence-corrected chi connectivity index (χ4v) is 3.44. The second-order valence-corrected chi connectivity index (χ2v) is 6.47. The van der Waals surface area contributed by atoms with Crippen molar-refractivity contribution in [2.75, 3.05) is 0 Å². The average Bonchev–Trinajstić information content (AvgIpc) is 2.84. The molecule has 25 heavy (non-hydrogen) atoms. The van der Waals surface area contributed by atoms with Gasteiger partial charge in [-0.3, -0.25) is 9.59 Å². The highest BCUT2D eigenvalue weighted by Gasteiger charge is 2.14.